The SMILES string of the molecule is CC(C)Cn1cnc2c1c(=O)n(CC(=O)NNC(=O)c1ccc[nH]c1=O)c(=O)n2Cc1ccccc1. The molecule has 2 amide bonds. The van der Waals surface area contributed by atoms with Gasteiger partial charge in [-0.25, -0.2) is 14.3 Å². The summed E-state index contributed by atoms with van der Waals surface area (Å²) in [5.74, 6) is -1.47. The van der Waals surface area contributed by atoms with Crippen LogP contribution in [0, 0.1) is 5.92 Å². The van der Waals surface area contributed by atoms with E-state index >= 15 is 0 Å². The first-order valence-corrected chi connectivity index (χ1v) is 11.3. The number of hydrogen-bond acceptors (Lipinski definition) is 6. The number of amides is 2. The molecule has 1 aromatic carbocycles. The summed E-state index contributed by atoms with van der Waals surface area (Å²) in [5.41, 5.74) is 3.29. The summed E-state index contributed by atoms with van der Waals surface area (Å²) in [5, 5.41) is 0. The van der Waals surface area contributed by atoms with Crippen LogP contribution < -0.4 is 27.7 Å². The highest BCUT2D eigenvalue weighted by Gasteiger charge is 2.21. The summed E-state index contributed by atoms with van der Waals surface area (Å²) >= 11 is 0. The van der Waals surface area contributed by atoms with Gasteiger partial charge in [0.2, 0.25) is 0 Å². The molecule has 0 aliphatic heterocycles. The molecule has 0 fully saturated rings. The summed E-state index contributed by atoms with van der Waals surface area (Å²) in [4.78, 5) is 69.9. The highest BCUT2D eigenvalue weighted by Crippen LogP contribution is 2.11. The van der Waals surface area contributed by atoms with Crippen molar-refractivity contribution in [1.29, 1.82) is 0 Å². The van der Waals surface area contributed by atoms with Crippen LogP contribution in [0.25, 0.3) is 11.2 Å². The van der Waals surface area contributed by atoms with Crippen LogP contribution in [0.5, 0.6) is 0 Å². The fourth-order valence-corrected chi connectivity index (χ4v) is 3.80. The Balaban J connectivity index is 1.68. The third kappa shape index (κ3) is 5.02. The molecule has 12 heteroatoms. The van der Waals surface area contributed by atoms with E-state index in [9.17, 15) is 24.0 Å². The molecule has 0 bridgehead atoms. The molecular formula is C24H25N7O5. The van der Waals surface area contributed by atoms with Crippen LogP contribution in [0.1, 0.15) is 29.8 Å². The van der Waals surface area contributed by atoms with Gasteiger partial charge in [0.15, 0.2) is 11.2 Å². The molecule has 0 saturated heterocycles. The minimum Gasteiger partial charge on any atom is -0.328 e. The van der Waals surface area contributed by atoms with Crippen molar-refractivity contribution in [2.75, 3.05) is 0 Å². The Hall–Kier alpha value is -4.74. The molecule has 3 heterocycles. The smallest absolute Gasteiger partial charge is 0.328 e. The maximum Gasteiger partial charge on any atom is 0.333 e. The lowest BCUT2D eigenvalue weighted by Gasteiger charge is -2.14. The highest BCUT2D eigenvalue weighted by molar-refractivity contribution is 5.94. The second-order valence-electron chi connectivity index (χ2n) is 8.62. The van der Waals surface area contributed by atoms with Gasteiger partial charge in [0, 0.05) is 12.7 Å². The summed E-state index contributed by atoms with van der Waals surface area (Å²) in [6.07, 6.45) is 2.87. The number of imidazole rings is 1. The fraction of sp³-hybridized carbons (Fsp3) is 0.250. The summed E-state index contributed by atoms with van der Waals surface area (Å²) in [6, 6.07) is 11.9. The molecule has 0 aliphatic rings. The maximum atomic E-state index is 13.3. The van der Waals surface area contributed by atoms with E-state index in [1.54, 1.807) is 4.57 Å². The van der Waals surface area contributed by atoms with E-state index in [4.69, 9.17) is 0 Å². The number of nitrogens with zero attached hydrogens (tertiary/aromatic N) is 4. The zero-order valence-electron chi connectivity index (χ0n) is 19.7. The number of carbonyl (C=O) groups is 2. The van der Waals surface area contributed by atoms with Gasteiger partial charge in [0.05, 0.1) is 12.9 Å². The number of benzene rings is 1. The maximum absolute atomic E-state index is 13.3. The summed E-state index contributed by atoms with van der Waals surface area (Å²) in [7, 11) is 0. The molecule has 3 N–H and O–H groups in total. The molecule has 4 rings (SSSR count). The van der Waals surface area contributed by atoms with Crippen LogP contribution in [-0.4, -0.2) is 35.5 Å². The third-order valence-electron chi connectivity index (χ3n) is 5.41. The van der Waals surface area contributed by atoms with Crippen molar-refractivity contribution in [1.82, 2.24) is 34.5 Å². The van der Waals surface area contributed by atoms with Crippen molar-refractivity contribution < 1.29 is 9.59 Å². The molecule has 186 valence electrons. The molecule has 12 nitrogen and oxygen atoms in total. The Morgan fingerprint density at radius 2 is 1.75 bits per heavy atom. The van der Waals surface area contributed by atoms with Crippen LogP contribution in [-0.2, 0) is 24.4 Å². The number of carbonyl (C=O) groups excluding carboxylic acids is 2. The largest absolute Gasteiger partial charge is 0.333 e. The van der Waals surface area contributed by atoms with E-state index in [1.807, 2.05) is 44.2 Å². The van der Waals surface area contributed by atoms with Gasteiger partial charge in [0.1, 0.15) is 12.1 Å². The Morgan fingerprint density at radius 3 is 2.44 bits per heavy atom. The van der Waals surface area contributed by atoms with Crippen LogP contribution >= 0.6 is 0 Å². The van der Waals surface area contributed by atoms with Crippen LogP contribution in [0.3, 0.4) is 0 Å². The van der Waals surface area contributed by atoms with Crippen LogP contribution in [0.15, 0.2) is 69.4 Å². The van der Waals surface area contributed by atoms with Gasteiger partial charge in [-0.1, -0.05) is 44.2 Å². The second-order valence-corrected chi connectivity index (χ2v) is 8.62. The molecule has 0 radical (unpaired) electrons. The topological polar surface area (TPSA) is 153 Å². The van der Waals surface area contributed by atoms with Crippen LogP contribution in [0.4, 0.5) is 0 Å². The van der Waals surface area contributed by atoms with Gasteiger partial charge in [-0.3, -0.25) is 34.6 Å². The number of pyridine rings is 1. The molecule has 0 aliphatic carbocycles. The van der Waals surface area contributed by atoms with E-state index in [2.05, 4.69) is 20.8 Å². The van der Waals surface area contributed by atoms with Crippen molar-refractivity contribution in [2.24, 2.45) is 5.92 Å². The van der Waals surface area contributed by atoms with E-state index in [0.717, 1.165) is 10.1 Å². The van der Waals surface area contributed by atoms with Gasteiger partial charge in [-0.15, -0.1) is 0 Å². The Bertz CT molecular complexity index is 1600. The van der Waals surface area contributed by atoms with E-state index in [1.165, 1.54) is 29.2 Å². The lowest BCUT2D eigenvalue weighted by Crippen LogP contribution is -2.48. The van der Waals surface area contributed by atoms with Gasteiger partial charge in [0.25, 0.3) is 22.9 Å². The first-order chi connectivity index (χ1) is 17.3. The van der Waals surface area contributed by atoms with Crippen molar-refractivity contribution >= 4 is 23.0 Å². The standard InChI is InChI=1S/C24H25N7O5/c1-15(2)11-29-14-26-20-19(29)23(35)31(24(36)30(20)12-16-7-4-3-5-8-16)13-18(32)27-28-22(34)17-9-6-10-25-21(17)33/h3-10,14-15H,11-13H2,1-2H3,(H,25,33)(H,27,32)(H,28,34). The fourth-order valence-electron chi connectivity index (χ4n) is 3.80. The zero-order valence-corrected chi connectivity index (χ0v) is 19.7. The number of H-pyrrole nitrogens is 1. The van der Waals surface area contributed by atoms with Gasteiger partial charge >= 0.3 is 5.69 Å². The van der Waals surface area contributed by atoms with Crippen LogP contribution in [0.2, 0.25) is 0 Å². The summed E-state index contributed by atoms with van der Waals surface area (Å²) in [6.45, 7) is 3.95. The number of nitrogens with one attached hydrogen (secondary N) is 3. The van der Waals surface area contributed by atoms with E-state index in [-0.39, 0.29) is 29.2 Å². The molecule has 0 saturated carbocycles. The molecule has 36 heavy (non-hydrogen) atoms. The van der Waals surface area contributed by atoms with Gasteiger partial charge in [-0.2, -0.15) is 0 Å². The molecular weight excluding hydrogens is 466 g/mol. The average molecular weight is 492 g/mol. The monoisotopic (exact) mass is 491 g/mol. The molecule has 0 spiro atoms. The number of fused-ring (bicyclic) bond motifs is 1. The number of rotatable bonds is 7. The Morgan fingerprint density at radius 1 is 1.00 bits per heavy atom. The van der Waals surface area contributed by atoms with Crippen molar-refractivity contribution in [3.8, 4) is 0 Å². The summed E-state index contributed by atoms with van der Waals surface area (Å²) < 4.78 is 3.82. The number of hydrazine groups is 1. The van der Waals surface area contributed by atoms with E-state index < -0.39 is 35.2 Å². The van der Waals surface area contributed by atoms with E-state index in [0.29, 0.717) is 6.54 Å². The molecule has 3 aromatic heterocycles. The molecule has 4 aromatic rings. The Kier molecular flexibility index (Phi) is 6.95. The van der Waals surface area contributed by atoms with Gasteiger partial charge in [-0.05, 0) is 23.6 Å². The third-order valence-corrected chi connectivity index (χ3v) is 5.41. The molecule has 0 atom stereocenters. The number of aromatic nitrogens is 5. The number of hydrogen-bond donors (Lipinski definition) is 3. The minimum absolute atomic E-state index is 0.143. The normalized spacial score (nSPS) is 11.1. The Labute approximate surface area is 204 Å². The zero-order chi connectivity index (χ0) is 25.8. The first-order valence-electron chi connectivity index (χ1n) is 11.3. The molecule has 0 unspecified atom stereocenters. The minimum atomic E-state index is -0.843. The quantitative estimate of drug-likeness (QED) is 0.314. The predicted molar refractivity (Wildman–Crippen MR) is 131 cm³/mol. The van der Waals surface area contributed by atoms with Gasteiger partial charge < -0.3 is 9.55 Å². The van der Waals surface area contributed by atoms with Crippen molar-refractivity contribution in [3.63, 3.8) is 0 Å². The van der Waals surface area contributed by atoms with Crippen molar-refractivity contribution in [2.45, 2.75) is 33.5 Å². The predicted octanol–water partition coefficient (Wildman–Crippen LogP) is 0.214. The lowest BCUT2D eigenvalue weighted by molar-refractivity contribution is -0.122. The van der Waals surface area contributed by atoms with Crippen molar-refractivity contribution in [3.05, 3.63) is 97.3 Å². The second kappa shape index (κ2) is 10.3. The number of aromatic amines is 1. The lowest BCUT2D eigenvalue weighted by atomic mass is 10.2. The average Bonchev–Trinajstić information content (AvgIpc) is 3.26. The first kappa shape index (κ1) is 24.4. The highest BCUT2D eigenvalue weighted by atomic mass is 16.2.